The largest absolute Gasteiger partial charge is 0.334 e. The summed E-state index contributed by atoms with van der Waals surface area (Å²) in [4.78, 5) is 49.3. The van der Waals surface area contributed by atoms with E-state index in [9.17, 15) is 14.4 Å². The summed E-state index contributed by atoms with van der Waals surface area (Å²) in [6.07, 6.45) is 6.67. The number of amides is 1. The minimum absolute atomic E-state index is 0.131. The van der Waals surface area contributed by atoms with Crippen LogP contribution >= 0.6 is 0 Å². The van der Waals surface area contributed by atoms with Crippen molar-refractivity contribution in [1.82, 2.24) is 24.5 Å². The maximum atomic E-state index is 12.7. The Hall–Kier alpha value is -4.01. The predicted molar refractivity (Wildman–Crippen MR) is 112 cm³/mol. The molecule has 0 unspecified atom stereocenters. The minimum Gasteiger partial charge on any atom is -0.334 e. The first kappa shape index (κ1) is 18.0. The number of imidazole rings is 1. The van der Waals surface area contributed by atoms with Crippen molar-refractivity contribution in [2.45, 2.75) is 25.8 Å². The van der Waals surface area contributed by atoms with E-state index in [0.717, 1.165) is 42.9 Å². The number of nitrogens with one attached hydrogen (secondary N) is 3. The summed E-state index contributed by atoms with van der Waals surface area (Å²) in [5, 5.41) is 2.97. The number of pyridine rings is 1. The van der Waals surface area contributed by atoms with Gasteiger partial charge in [-0.05, 0) is 31.0 Å². The number of anilines is 1. The molecule has 4 heterocycles. The topological polar surface area (TPSA) is 126 Å². The molecule has 0 spiro atoms. The van der Waals surface area contributed by atoms with Crippen LogP contribution < -0.4 is 16.6 Å². The Morgan fingerprint density at radius 3 is 2.90 bits per heavy atom. The Bertz CT molecular complexity index is 1370. The lowest BCUT2D eigenvalue weighted by Crippen LogP contribution is -2.23. The maximum Gasteiger partial charge on any atom is 0.327 e. The van der Waals surface area contributed by atoms with E-state index in [0.29, 0.717) is 5.69 Å². The van der Waals surface area contributed by atoms with E-state index < -0.39 is 17.2 Å². The van der Waals surface area contributed by atoms with Crippen LogP contribution in [0.15, 0.2) is 52.3 Å². The van der Waals surface area contributed by atoms with Crippen molar-refractivity contribution in [3.63, 3.8) is 0 Å². The predicted octanol–water partition coefficient (Wildman–Crippen LogP) is 2.06. The number of aromatic amines is 2. The molecule has 1 aliphatic rings. The maximum absolute atomic E-state index is 12.7. The number of fused-ring (bicyclic) bond motifs is 2. The summed E-state index contributed by atoms with van der Waals surface area (Å²) in [6, 6.07) is 8.87. The molecular formula is C21H18N6O3. The molecule has 0 saturated heterocycles. The molecule has 9 nitrogen and oxygen atoms in total. The second-order valence-electron chi connectivity index (χ2n) is 7.26. The molecule has 0 bridgehead atoms. The molecular weight excluding hydrogens is 384 g/mol. The van der Waals surface area contributed by atoms with Crippen molar-refractivity contribution in [2.24, 2.45) is 0 Å². The van der Waals surface area contributed by atoms with Gasteiger partial charge in [-0.2, -0.15) is 0 Å². The zero-order valence-electron chi connectivity index (χ0n) is 15.9. The van der Waals surface area contributed by atoms with Crippen molar-refractivity contribution >= 4 is 22.6 Å². The van der Waals surface area contributed by atoms with E-state index in [-0.39, 0.29) is 16.6 Å². The van der Waals surface area contributed by atoms with E-state index >= 15 is 0 Å². The van der Waals surface area contributed by atoms with Crippen LogP contribution in [0, 0.1) is 0 Å². The van der Waals surface area contributed by atoms with Gasteiger partial charge in [-0.3, -0.25) is 19.6 Å². The quantitative estimate of drug-likeness (QED) is 0.484. The molecule has 9 heteroatoms. The van der Waals surface area contributed by atoms with E-state index in [2.05, 4.69) is 31.0 Å². The first-order valence-electron chi connectivity index (χ1n) is 9.67. The third-order valence-corrected chi connectivity index (χ3v) is 5.18. The number of carbonyl (C=O) groups excluding carboxylic acids is 1. The monoisotopic (exact) mass is 402 g/mol. The molecule has 1 aromatic carbocycles. The Kier molecular flexibility index (Phi) is 4.27. The third-order valence-electron chi connectivity index (χ3n) is 5.18. The Morgan fingerprint density at radius 2 is 2.03 bits per heavy atom. The summed E-state index contributed by atoms with van der Waals surface area (Å²) >= 11 is 0. The van der Waals surface area contributed by atoms with Crippen molar-refractivity contribution in [2.75, 3.05) is 5.32 Å². The highest BCUT2D eigenvalue weighted by molar-refractivity contribution is 6.05. The summed E-state index contributed by atoms with van der Waals surface area (Å²) in [5.74, 6) is 0.687. The highest BCUT2D eigenvalue weighted by Crippen LogP contribution is 2.25. The van der Waals surface area contributed by atoms with E-state index in [1.807, 2.05) is 18.2 Å². The number of carbonyl (C=O) groups is 1. The lowest BCUT2D eigenvalue weighted by molar-refractivity contribution is 0.102. The van der Waals surface area contributed by atoms with Crippen LogP contribution in [-0.4, -0.2) is 30.4 Å². The van der Waals surface area contributed by atoms with E-state index in [4.69, 9.17) is 4.98 Å². The number of aryl methyl sites for hydroxylation is 2. The molecule has 1 amide bonds. The molecule has 0 fully saturated rings. The number of benzene rings is 1. The van der Waals surface area contributed by atoms with Crippen molar-refractivity contribution in [3.8, 4) is 11.3 Å². The lowest BCUT2D eigenvalue weighted by Gasteiger charge is -2.11. The average Bonchev–Trinajstić information content (AvgIpc) is 3.18. The Morgan fingerprint density at radius 1 is 1.13 bits per heavy atom. The fraction of sp³-hybridized carbons (Fsp3) is 0.190. The molecule has 3 N–H and O–H groups in total. The molecule has 0 saturated carbocycles. The number of nitrogens with zero attached hydrogens (tertiary/aromatic N) is 3. The first-order chi connectivity index (χ1) is 14.6. The van der Waals surface area contributed by atoms with Gasteiger partial charge in [0.25, 0.3) is 11.5 Å². The van der Waals surface area contributed by atoms with Gasteiger partial charge in [0.2, 0.25) is 0 Å². The standard InChI is InChI=1S/C21H18N6O3/c28-19(13-9-15-18(22-10-13)25-21(30)26-20(15)29)23-14-5-3-4-12(8-14)16-11-27-7-2-1-6-17(27)24-16/h3-5,8-11H,1-2,6-7H2,(H,23,28)(H2,22,25,26,29,30). The van der Waals surface area contributed by atoms with E-state index in [1.54, 1.807) is 6.07 Å². The third kappa shape index (κ3) is 3.30. The van der Waals surface area contributed by atoms with Gasteiger partial charge in [0.15, 0.2) is 0 Å². The molecule has 0 atom stereocenters. The lowest BCUT2D eigenvalue weighted by atomic mass is 10.1. The van der Waals surface area contributed by atoms with Gasteiger partial charge in [0.1, 0.15) is 11.5 Å². The summed E-state index contributed by atoms with van der Waals surface area (Å²) in [6.45, 7) is 0.984. The zero-order valence-corrected chi connectivity index (χ0v) is 15.9. The van der Waals surface area contributed by atoms with Gasteiger partial charge in [-0.15, -0.1) is 0 Å². The number of hydrogen-bond acceptors (Lipinski definition) is 5. The van der Waals surface area contributed by atoms with Gasteiger partial charge in [-0.25, -0.2) is 14.8 Å². The van der Waals surface area contributed by atoms with E-state index in [1.165, 1.54) is 12.3 Å². The number of rotatable bonds is 3. The van der Waals surface area contributed by atoms with Gasteiger partial charge in [-0.1, -0.05) is 12.1 Å². The summed E-state index contributed by atoms with van der Waals surface area (Å²) in [5.41, 5.74) is 1.51. The molecule has 0 aliphatic carbocycles. The van der Waals surface area contributed by atoms with Crippen LogP contribution in [0.1, 0.15) is 29.0 Å². The summed E-state index contributed by atoms with van der Waals surface area (Å²) < 4.78 is 2.19. The fourth-order valence-electron chi connectivity index (χ4n) is 3.68. The van der Waals surface area contributed by atoms with Crippen LogP contribution in [0.2, 0.25) is 0 Å². The molecule has 4 aromatic rings. The molecule has 0 radical (unpaired) electrons. The molecule has 3 aromatic heterocycles. The minimum atomic E-state index is -0.644. The Balaban J connectivity index is 1.42. The highest BCUT2D eigenvalue weighted by Gasteiger charge is 2.14. The molecule has 5 rings (SSSR count). The van der Waals surface area contributed by atoms with Crippen LogP contribution in [0.5, 0.6) is 0 Å². The van der Waals surface area contributed by atoms with Gasteiger partial charge >= 0.3 is 5.69 Å². The second kappa shape index (κ2) is 7.11. The number of hydrogen-bond donors (Lipinski definition) is 3. The smallest absolute Gasteiger partial charge is 0.327 e. The molecule has 1 aliphatic heterocycles. The van der Waals surface area contributed by atoms with Gasteiger partial charge in [0.05, 0.1) is 16.6 Å². The van der Waals surface area contributed by atoms with Gasteiger partial charge < -0.3 is 9.88 Å². The number of aromatic nitrogens is 5. The number of H-pyrrole nitrogens is 2. The van der Waals surface area contributed by atoms with Crippen LogP contribution in [0.3, 0.4) is 0 Å². The highest BCUT2D eigenvalue weighted by atomic mass is 16.2. The molecule has 30 heavy (non-hydrogen) atoms. The van der Waals surface area contributed by atoms with Crippen LogP contribution in [0.25, 0.3) is 22.3 Å². The summed E-state index contributed by atoms with van der Waals surface area (Å²) in [7, 11) is 0. The van der Waals surface area contributed by atoms with Crippen LogP contribution in [0.4, 0.5) is 5.69 Å². The van der Waals surface area contributed by atoms with Gasteiger partial charge in [0, 0.05) is 36.6 Å². The van der Waals surface area contributed by atoms with Crippen molar-refractivity contribution in [3.05, 3.63) is 75.0 Å². The zero-order chi connectivity index (χ0) is 20.7. The fourth-order valence-corrected chi connectivity index (χ4v) is 3.68. The van der Waals surface area contributed by atoms with Crippen molar-refractivity contribution < 1.29 is 4.79 Å². The van der Waals surface area contributed by atoms with Crippen LogP contribution in [-0.2, 0) is 13.0 Å². The normalized spacial score (nSPS) is 13.2. The second-order valence-corrected chi connectivity index (χ2v) is 7.26. The Labute approximate surface area is 169 Å². The SMILES string of the molecule is O=C(Nc1cccc(-c2cn3c(n2)CCCC3)c1)c1cnc2[nH]c(=O)[nH]c(=O)c2c1. The average molecular weight is 402 g/mol. The van der Waals surface area contributed by atoms with Crippen molar-refractivity contribution in [1.29, 1.82) is 0 Å². The first-order valence-corrected chi connectivity index (χ1v) is 9.67. The molecule has 150 valence electrons.